The van der Waals surface area contributed by atoms with Gasteiger partial charge in [0, 0.05) is 66.4 Å². The summed E-state index contributed by atoms with van der Waals surface area (Å²) in [7, 11) is 0. The summed E-state index contributed by atoms with van der Waals surface area (Å²) in [5.74, 6) is 1.62. The molecule has 0 aliphatic rings. The van der Waals surface area contributed by atoms with Gasteiger partial charge in [-0.2, -0.15) is 0 Å². The number of aromatic nitrogens is 5. The molecule has 0 saturated heterocycles. The summed E-state index contributed by atoms with van der Waals surface area (Å²) in [6.07, 6.45) is 6.88. The molecule has 10 nitrogen and oxygen atoms in total. The Kier molecular flexibility index (Phi) is 24.1. The molecule has 52 heavy (non-hydrogen) atoms. The van der Waals surface area contributed by atoms with Gasteiger partial charge in [-0.25, -0.2) is 0 Å². The van der Waals surface area contributed by atoms with Crippen LogP contribution in [-0.2, 0) is 0 Å². The van der Waals surface area contributed by atoms with Crippen LogP contribution < -0.4 is 27.8 Å². The van der Waals surface area contributed by atoms with E-state index in [9.17, 15) is 24.0 Å². The van der Waals surface area contributed by atoms with Crippen molar-refractivity contribution in [3.8, 4) is 0 Å². The third kappa shape index (κ3) is 19.2. The average Bonchev–Trinajstić information content (AvgIpc) is 3.06. The van der Waals surface area contributed by atoms with Crippen molar-refractivity contribution in [2.75, 3.05) is 0 Å². The maximum atomic E-state index is 11.0. The van der Waals surface area contributed by atoms with E-state index >= 15 is 0 Å². The first kappa shape index (κ1) is 48.9. The second-order valence-corrected chi connectivity index (χ2v) is 13.1. The Morgan fingerprint density at radius 3 is 1.56 bits per heavy atom. The van der Waals surface area contributed by atoms with E-state index in [0.717, 1.165) is 16.8 Å². The standard InChI is InChI=1S/5C8H11NO.2CH4/c1-6(2)7-3-4-9-8(10)5-7;1-6(2)7-3-4-8(10)9-5-7;1-7(2)9-6-4-3-5-8(9)10;1-6(2)7-4-3-5-9-8(7)10;1-6(2)7-4-3-5-8(10)9-7;;/h2*3-6H,1-2H3,(H,9,10);3-7H,1-2H3;2*3-6H,1-2H3,(H,9,10);2*1H4. The fraction of sp³-hybridized carbons (Fsp3) is 0.405. The molecule has 286 valence electrons. The highest BCUT2D eigenvalue weighted by Gasteiger charge is 2.01. The average molecular weight is 718 g/mol. The van der Waals surface area contributed by atoms with Crippen molar-refractivity contribution in [3.63, 3.8) is 0 Å². The molecular formula is C42H63N5O5. The van der Waals surface area contributed by atoms with E-state index in [0.29, 0.717) is 23.7 Å². The Morgan fingerprint density at radius 2 is 1.17 bits per heavy atom. The smallest absolute Gasteiger partial charge is 0.251 e. The number of pyridine rings is 5. The van der Waals surface area contributed by atoms with Gasteiger partial charge < -0.3 is 24.5 Å². The lowest BCUT2D eigenvalue weighted by Crippen LogP contribution is -2.19. The van der Waals surface area contributed by atoms with Gasteiger partial charge in [0.1, 0.15) is 0 Å². The first-order valence-corrected chi connectivity index (χ1v) is 16.9. The molecule has 0 saturated carbocycles. The molecule has 0 fully saturated rings. The maximum Gasteiger partial charge on any atom is 0.251 e. The number of nitrogens with zero attached hydrogens (tertiary/aromatic N) is 1. The predicted molar refractivity (Wildman–Crippen MR) is 219 cm³/mol. The zero-order valence-corrected chi connectivity index (χ0v) is 31.1. The maximum absolute atomic E-state index is 11.0. The van der Waals surface area contributed by atoms with E-state index in [1.165, 1.54) is 11.6 Å². The summed E-state index contributed by atoms with van der Waals surface area (Å²) >= 11 is 0. The molecule has 0 amide bonds. The highest BCUT2D eigenvalue weighted by molar-refractivity contribution is 5.14. The number of nitrogens with one attached hydrogen (secondary N) is 4. The Balaban J connectivity index is 0. The van der Waals surface area contributed by atoms with Crippen LogP contribution in [0.1, 0.15) is 136 Å². The Labute approximate surface area is 309 Å². The Hall–Kier alpha value is -5.25. The fourth-order valence-electron chi connectivity index (χ4n) is 4.16. The summed E-state index contributed by atoms with van der Waals surface area (Å²) in [5.41, 5.74) is 4.11. The van der Waals surface area contributed by atoms with Crippen LogP contribution in [0.3, 0.4) is 0 Å². The molecule has 0 radical (unpaired) electrons. The summed E-state index contributed by atoms with van der Waals surface area (Å²) in [6.45, 7) is 20.4. The largest absolute Gasteiger partial charge is 0.329 e. The number of hydrogen-bond donors (Lipinski definition) is 4. The summed E-state index contributed by atoms with van der Waals surface area (Å²) in [4.78, 5) is 64.7. The SMILES string of the molecule is C.C.CC(C)c1cc[nH]c(=O)c1.CC(C)c1ccc(=O)[nH]c1.CC(C)c1ccc[nH]c1=O.CC(C)c1cccc(=O)[nH]1.CC(C)n1ccccc1=O. The molecule has 0 atom stereocenters. The van der Waals surface area contributed by atoms with Gasteiger partial charge in [-0.15, -0.1) is 0 Å². The summed E-state index contributed by atoms with van der Waals surface area (Å²) in [6, 6.07) is 21.3. The number of hydrogen-bond acceptors (Lipinski definition) is 5. The van der Waals surface area contributed by atoms with Crippen LogP contribution in [0.2, 0.25) is 0 Å². The van der Waals surface area contributed by atoms with Crippen molar-refractivity contribution >= 4 is 0 Å². The van der Waals surface area contributed by atoms with Crippen molar-refractivity contribution in [2.45, 2.75) is 114 Å². The number of aromatic amines is 4. The van der Waals surface area contributed by atoms with E-state index in [1.54, 1.807) is 59.7 Å². The van der Waals surface area contributed by atoms with E-state index in [1.807, 2.05) is 77.9 Å². The molecule has 10 heteroatoms. The van der Waals surface area contributed by atoms with Crippen molar-refractivity contribution in [3.05, 3.63) is 172 Å². The zero-order valence-electron chi connectivity index (χ0n) is 31.1. The highest BCUT2D eigenvalue weighted by atomic mass is 16.1. The van der Waals surface area contributed by atoms with E-state index in [4.69, 9.17) is 0 Å². The predicted octanol–water partition coefficient (Wildman–Crippen LogP) is 8.69. The second kappa shape index (κ2) is 25.7. The molecule has 5 heterocycles. The molecule has 5 aromatic heterocycles. The molecule has 0 unspecified atom stereocenters. The lowest BCUT2D eigenvalue weighted by molar-refractivity contribution is 0.578. The first-order chi connectivity index (χ1) is 23.5. The third-order valence-corrected chi connectivity index (χ3v) is 7.23. The van der Waals surface area contributed by atoms with Crippen LogP contribution in [0.4, 0.5) is 0 Å². The van der Waals surface area contributed by atoms with Crippen LogP contribution in [0.25, 0.3) is 0 Å². The van der Waals surface area contributed by atoms with Gasteiger partial charge >= 0.3 is 0 Å². The quantitative estimate of drug-likeness (QED) is 0.143. The third-order valence-electron chi connectivity index (χ3n) is 7.23. The van der Waals surface area contributed by atoms with Crippen LogP contribution in [0.5, 0.6) is 0 Å². The Morgan fingerprint density at radius 1 is 0.519 bits per heavy atom. The zero-order chi connectivity index (χ0) is 37.8. The number of rotatable bonds is 5. The van der Waals surface area contributed by atoms with Gasteiger partial charge in [-0.05, 0) is 72.9 Å². The minimum Gasteiger partial charge on any atom is -0.329 e. The molecule has 0 spiro atoms. The van der Waals surface area contributed by atoms with Crippen molar-refractivity contribution in [1.82, 2.24) is 24.5 Å². The minimum absolute atomic E-state index is 0. The highest BCUT2D eigenvalue weighted by Crippen LogP contribution is 2.10. The van der Waals surface area contributed by atoms with Crippen LogP contribution in [0, 0.1) is 0 Å². The molecular weight excluding hydrogens is 654 g/mol. The summed E-state index contributed by atoms with van der Waals surface area (Å²) in [5, 5.41) is 0. The molecule has 5 aromatic rings. The molecule has 0 aromatic carbocycles. The van der Waals surface area contributed by atoms with Crippen LogP contribution in [-0.4, -0.2) is 24.5 Å². The van der Waals surface area contributed by atoms with E-state index in [2.05, 4.69) is 47.6 Å². The van der Waals surface area contributed by atoms with Gasteiger partial charge in [-0.1, -0.05) is 94.5 Å². The second-order valence-electron chi connectivity index (χ2n) is 13.1. The topological polar surface area (TPSA) is 153 Å². The van der Waals surface area contributed by atoms with Crippen molar-refractivity contribution in [2.24, 2.45) is 0 Å². The monoisotopic (exact) mass is 717 g/mol. The lowest BCUT2D eigenvalue weighted by atomic mass is 10.1. The summed E-state index contributed by atoms with van der Waals surface area (Å²) < 4.78 is 1.69. The minimum atomic E-state index is -0.0376. The van der Waals surface area contributed by atoms with Gasteiger partial charge in [0.25, 0.3) is 11.1 Å². The molecule has 0 bridgehead atoms. The van der Waals surface area contributed by atoms with Gasteiger partial charge in [0.05, 0.1) is 0 Å². The number of H-pyrrole nitrogens is 4. The first-order valence-electron chi connectivity index (χ1n) is 16.9. The van der Waals surface area contributed by atoms with Crippen LogP contribution >= 0.6 is 0 Å². The van der Waals surface area contributed by atoms with Gasteiger partial charge in [0.2, 0.25) is 16.7 Å². The van der Waals surface area contributed by atoms with Gasteiger partial charge in [-0.3, -0.25) is 24.0 Å². The van der Waals surface area contributed by atoms with E-state index < -0.39 is 0 Å². The molecule has 5 rings (SSSR count). The Bertz CT molecular complexity index is 1840. The van der Waals surface area contributed by atoms with Crippen molar-refractivity contribution in [1.29, 1.82) is 0 Å². The lowest BCUT2D eigenvalue weighted by Gasteiger charge is -2.06. The van der Waals surface area contributed by atoms with Crippen molar-refractivity contribution < 1.29 is 0 Å². The molecule has 0 aliphatic heterocycles. The normalized spacial score (nSPS) is 9.90. The fourth-order valence-corrected chi connectivity index (χ4v) is 4.16. The molecule has 4 N–H and O–H groups in total. The van der Waals surface area contributed by atoms with Crippen LogP contribution in [0.15, 0.2) is 122 Å². The molecule has 0 aliphatic carbocycles. The van der Waals surface area contributed by atoms with E-state index in [-0.39, 0.29) is 48.7 Å². The van der Waals surface area contributed by atoms with Gasteiger partial charge in [0.15, 0.2) is 0 Å².